The molecule has 0 saturated carbocycles. The van der Waals surface area contributed by atoms with Crippen LogP contribution in [0.2, 0.25) is 0 Å². The Hall–Kier alpha value is -1.18. The first-order valence-electron chi connectivity index (χ1n) is 7.58. The largest absolute Gasteiger partial charge is 0.507 e. The molecule has 0 saturated heterocycles. The minimum absolute atomic E-state index is 0.103. The van der Waals surface area contributed by atoms with Crippen molar-refractivity contribution in [2.75, 3.05) is 6.61 Å². The molecule has 0 aliphatic carbocycles. The average molecular weight is 278 g/mol. The molecular formula is C18H30O2. The molecule has 114 valence electrons. The van der Waals surface area contributed by atoms with Crippen LogP contribution >= 0.6 is 0 Å². The summed E-state index contributed by atoms with van der Waals surface area (Å²) < 4.78 is 5.86. The van der Waals surface area contributed by atoms with Crippen LogP contribution in [0.25, 0.3) is 0 Å². The van der Waals surface area contributed by atoms with Gasteiger partial charge in [-0.3, -0.25) is 0 Å². The summed E-state index contributed by atoms with van der Waals surface area (Å²) in [6.45, 7) is 15.6. The number of rotatable bonds is 4. The number of aromatic hydroxyl groups is 1. The van der Waals surface area contributed by atoms with E-state index in [4.69, 9.17) is 4.74 Å². The zero-order chi connectivity index (χ0) is 15.6. The summed E-state index contributed by atoms with van der Waals surface area (Å²) in [5.41, 5.74) is 1.70. The Kier molecular flexibility index (Phi) is 5.12. The van der Waals surface area contributed by atoms with Crippen LogP contribution in [0.1, 0.15) is 72.4 Å². The molecular weight excluding hydrogens is 248 g/mol. The number of benzene rings is 1. The molecule has 0 spiro atoms. The molecule has 0 amide bonds. The summed E-state index contributed by atoms with van der Waals surface area (Å²) in [6, 6.07) is 3.97. The third-order valence-corrected chi connectivity index (χ3v) is 3.47. The van der Waals surface area contributed by atoms with Gasteiger partial charge in [0.2, 0.25) is 0 Å². The number of hydrogen-bond donors (Lipinski definition) is 1. The van der Waals surface area contributed by atoms with Crippen molar-refractivity contribution < 1.29 is 9.84 Å². The van der Waals surface area contributed by atoms with Gasteiger partial charge in [-0.15, -0.1) is 0 Å². The summed E-state index contributed by atoms with van der Waals surface area (Å²) in [7, 11) is 0. The third-order valence-electron chi connectivity index (χ3n) is 3.47. The fourth-order valence-electron chi connectivity index (χ4n) is 2.17. The van der Waals surface area contributed by atoms with E-state index in [1.807, 2.05) is 12.1 Å². The number of phenols is 1. The van der Waals surface area contributed by atoms with E-state index in [1.165, 1.54) is 0 Å². The van der Waals surface area contributed by atoms with Gasteiger partial charge in [-0.2, -0.15) is 0 Å². The molecule has 0 aromatic heterocycles. The van der Waals surface area contributed by atoms with Gasteiger partial charge in [0.15, 0.2) is 0 Å². The fourth-order valence-corrected chi connectivity index (χ4v) is 2.17. The van der Waals surface area contributed by atoms with Crippen LogP contribution in [0.5, 0.6) is 11.5 Å². The first kappa shape index (κ1) is 16.9. The average Bonchev–Trinajstić information content (AvgIpc) is 2.28. The van der Waals surface area contributed by atoms with Crippen molar-refractivity contribution in [2.24, 2.45) is 0 Å². The van der Waals surface area contributed by atoms with Gasteiger partial charge in [-0.05, 0) is 29.4 Å². The van der Waals surface area contributed by atoms with Gasteiger partial charge in [0, 0.05) is 11.1 Å². The molecule has 1 aromatic carbocycles. The van der Waals surface area contributed by atoms with Gasteiger partial charge >= 0.3 is 0 Å². The molecule has 1 N–H and O–H groups in total. The topological polar surface area (TPSA) is 29.5 Å². The van der Waals surface area contributed by atoms with E-state index >= 15 is 0 Å². The van der Waals surface area contributed by atoms with E-state index in [0.29, 0.717) is 5.75 Å². The number of unbranched alkanes of at least 4 members (excludes halogenated alkanes) is 1. The Morgan fingerprint density at radius 1 is 0.950 bits per heavy atom. The summed E-state index contributed by atoms with van der Waals surface area (Å²) >= 11 is 0. The second-order valence-corrected chi connectivity index (χ2v) is 7.57. The lowest BCUT2D eigenvalue weighted by Crippen LogP contribution is -2.17. The maximum Gasteiger partial charge on any atom is 0.123 e. The normalized spacial score (nSPS) is 12.6. The van der Waals surface area contributed by atoms with Crippen molar-refractivity contribution in [1.29, 1.82) is 0 Å². The highest BCUT2D eigenvalue weighted by Crippen LogP contribution is 2.41. The van der Waals surface area contributed by atoms with E-state index < -0.39 is 0 Å². The second kappa shape index (κ2) is 6.07. The van der Waals surface area contributed by atoms with Crippen LogP contribution in [0.15, 0.2) is 12.1 Å². The molecule has 0 unspecified atom stereocenters. The van der Waals surface area contributed by atoms with E-state index in [1.54, 1.807) is 0 Å². The molecule has 0 heterocycles. The molecule has 20 heavy (non-hydrogen) atoms. The van der Waals surface area contributed by atoms with Gasteiger partial charge in [-0.1, -0.05) is 54.9 Å². The summed E-state index contributed by atoms with van der Waals surface area (Å²) in [5.74, 6) is 1.28. The number of hydrogen-bond acceptors (Lipinski definition) is 2. The van der Waals surface area contributed by atoms with Gasteiger partial charge in [0.25, 0.3) is 0 Å². The molecule has 1 aromatic rings. The first-order chi connectivity index (χ1) is 9.07. The lowest BCUT2D eigenvalue weighted by atomic mass is 9.79. The Morgan fingerprint density at radius 3 is 1.75 bits per heavy atom. The Morgan fingerprint density at radius 2 is 1.40 bits per heavy atom. The van der Waals surface area contributed by atoms with Crippen molar-refractivity contribution in [2.45, 2.75) is 72.1 Å². The highest BCUT2D eigenvalue weighted by Gasteiger charge is 2.26. The third kappa shape index (κ3) is 4.16. The number of phenolic OH excluding ortho intramolecular Hbond substituents is 1. The van der Waals surface area contributed by atoms with E-state index in [9.17, 15) is 5.11 Å². The monoisotopic (exact) mass is 278 g/mol. The molecule has 0 aliphatic heterocycles. The van der Waals surface area contributed by atoms with E-state index in [0.717, 1.165) is 36.3 Å². The van der Waals surface area contributed by atoms with Crippen molar-refractivity contribution in [1.82, 2.24) is 0 Å². The lowest BCUT2D eigenvalue weighted by molar-refractivity contribution is 0.306. The van der Waals surface area contributed by atoms with Gasteiger partial charge in [0.05, 0.1) is 6.61 Å². The highest BCUT2D eigenvalue weighted by atomic mass is 16.5. The summed E-state index contributed by atoms with van der Waals surface area (Å²) in [4.78, 5) is 0. The quantitative estimate of drug-likeness (QED) is 0.770. The van der Waals surface area contributed by atoms with Crippen molar-refractivity contribution >= 4 is 0 Å². The van der Waals surface area contributed by atoms with Crippen molar-refractivity contribution in [3.63, 3.8) is 0 Å². The molecule has 0 aliphatic rings. The van der Waals surface area contributed by atoms with Crippen molar-refractivity contribution in [3.8, 4) is 11.5 Å². The van der Waals surface area contributed by atoms with Gasteiger partial charge < -0.3 is 9.84 Å². The Balaban J connectivity index is 3.28. The molecule has 0 bridgehead atoms. The fraction of sp³-hybridized carbons (Fsp3) is 0.667. The maximum absolute atomic E-state index is 10.6. The Labute approximate surface area is 124 Å². The zero-order valence-electron chi connectivity index (χ0n) is 14.1. The molecule has 0 radical (unpaired) electrons. The predicted molar refractivity (Wildman–Crippen MR) is 85.9 cm³/mol. The SMILES string of the molecule is CCCCOc1cc(C(C)(C)C)c(O)c(C(C)(C)C)c1. The Bertz CT molecular complexity index is 412. The van der Waals surface area contributed by atoms with E-state index in [-0.39, 0.29) is 10.8 Å². The van der Waals surface area contributed by atoms with E-state index in [2.05, 4.69) is 48.5 Å². The maximum atomic E-state index is 10.6. The van der Waals surface area contributed by atoms with Crippen LogP contribution in [-0.2, 0) is 10.8 Å². The van der Waals surface area contributed by atoms with Crippen LogP contribution in [0.3, 0.4) is 0 Å². The molecule has 0 atom stereocenters. The number of ether oxygens (including phenoxy) is 1. The van der Waals surface area contributed by atoms with Crippen LogP contribution in [0, 0.1) is 0 Å². The molecule has 2 heteroatoms. The van der Waals surface area contributed by atoms with Crippen LogP contribution < -0.4 is 4.74 Å². The minimum Gasteiger partial charge on any atom is -0.507 e. The smallest absolute Gasteiger partial charge is 0.123 e. The predicted octanol–water partition coefficient (Wildman–Crippen LogP) is 5.17. The van der Waals surface area contributed by atoms with Crippen molar-refractivity contribution in [3.05, 3.63) is 23.3 Å². The minimum atomic E-state index is -0.103. The van der Waals surface area contributed by atoms with Gasteiger partial charge in [-0.25, -0.2) is 0 Å². The van der Waals surface area contributed by atoms with Gasteiger partial charge in [0.1, 0.15) is 11.5 Å². The summed E-state index contributed by atoms with van der Waals surface area (Å²) in [6.07, 6.45) is 2.17. The lowest BCUT2D eigenvalue weighted by Gasteiger charge is -2.28. The molecule has 2 nitrogen and oxygen atoms in total. The van der Waals surface area contributed by atoms with Crippen LogP contribution in [0.4, 0.5) is 0 Å². The molecule has 0 fully saturated rings. The first-order valence-corrected chi connectivity index (χ1v) is 7.58. The highest BCUT2D eigenvalue weighted by molar-refractivity contribution is 5.51. The summed E-state index contributed by atoms with van der Waals surface area (Å²) in [5, 5.41) is 10.6. The second-order valence-electron chi connectivity index (χ2n) is 7.57. The molecule has 1 rings (SSSR count). The van der Waals surface area contributed by atoms with Crippen LogP contribution in [-0.4, -0.2) is 11.7 Å². The zero-order valence-corrected chi connectivity index (χ0v) is 14.1. The standard InChI is InChI=1S/C18H30O2/c1-8-9-10-20-13-11-14(17(2,3)4)16(19)15(12-13)18(5,6)7/h11-12,19H,8-10H2,1-7H3.